The lowest BCUT2D eigenvalue weighted by atomic mass is 10.2. The molecular formula is C12H14Cl2N4O2S. The Hall–Kier alpha value is -1.18. The van der Waals surface area contributed by atoms with Crippen molar-refractivity contribution < 1.29 is 8.42 Å². The molecule has 0 unspecified atom stereocenters. The molecule has 0 aliphatic heterocycles. The summed E-state index contributed by atoms with van der Waals surface area (Å²) in [6.45, 7) is 3.17. The van der Waals surface area contributed by atoms with Gasteiger partial charge in [-0.25, -0.2) is 13.1 Å². The van der Waals surface area contributed by atoms with Crippen molar-refractivity contribution in [3.05, 3.63) is 39.6 Å². The molecule has 2 atom stereocenters. The maximum atomic E-state index is 12.7. The van der Waals surface area contributed by atoms with Crippen LogP contribution in [0, 0.1) is 0 Å². The fourth-order valence-electron chi connectivity index (χ4n) is 1.99. The van der Waals surface area contributed by atoms with E-state index in [0.29, 0.717) is 21.4 Å². The summed E-state index contributed by atoms with van der Waals surface area (Å²) in [7, 11) is -1.93. The van der Waals surface area contributed by atoms with Gasteiger partial charge in [-0.05, 0) is 42.0 Å². The Balaban J connectivity index is 2.38. The molecule has 1 heterocycles. The number of benzene rings is 1. The minimum Gasteiger partial charge on any atom is -0.231 e. The number of hydrogen-bond donors (Lipinski definition) is 0. The molecule has 2 aromatic rings. The Morgan fingerprint density at radius 1 is 1.14 bits per heavy atom. The zero-order valence-corrected chi connectivity index (χ0v) is 14.0. The Labute approximate surface area is 133 Å². The minimum atomic E-state index is -3.53. The molecular weight excluding hydrogens is 335 g/mol. The van der Waals surface area contributed by atoms with E-state index in [0.717, 1.165) is 0 Å². The van der Waals surface area contributed by atoms with Crippen LogP contribution in [0.3, 0.4) is 0 Å². The molecule has 0 N–H and O–H groups in total. The van der Waals surface area contributed by atoms with E-state index in [1.807, 2.05) is 0 Å². The molecule has 0 amide bonds. The number of rotatable bonds is 4. The topological polar surface area (TPSA) is 77.7 Å². The third kappa shape index (κ3) is 3.04. The Kier molecular flexibility index (Phi) is 4.55. The van der Waals surface area contributed by atoms with Crippen LogP contribution in [0.4, 0.5) is 0 Å². The second-order valence-electron chi connectivity index (χ2n) is 4.71. The van der Waals surface area contributed by atoms with Crippen LogP contribution in [0.2, 0.25) is 10.0 Å². The molecule has 6 nitrogen and oxygen atoms in total. The van der Waals surface area contributed by atoms with Crippen molar-refractivity contribution in [2.24, 2.45) is 7.05 Å². The highest BCUT2D eigenvalue weighted by atomic mass is 35.5. The first kappa shape index (κ1) is 16.2. The molecule has 0 saturated carbocycles. The zero-order chi connectivity index (χ0) is 15.8. The molecule has 0 saturated heterocycles. The summed E-state index contributed by atoms with van der Waals surface area (Å²) >= 11 is 11.8. The van der Waals surface area contributed by atoms with Gasteiger partial charge in [-0.2, -0.15) is 0 Å². The molecule has 0 bridgehead atoms. The van der Waals surface area contributed by atoms with E-state index in [2.05, 4.69) is 15.5 Å². The minimum absolute atomic E-state index is 0.293. The number of aryl methyl sites for hydroxylation is 1. The predicted octanol–water partition coefficient (Wildman–Crippen LogP) is 2.75. The fourth-order valence-corrected chi connectivity index (χ4v) is 3.93. The zero-order valence-electron chi connectivity index (χ0n) is 11.7. The van der Waals surface area contributed by atoms with Crippen LogP contribution >= 0.6 is 23.2 Å². The van der Waals surface area contributed by atoms with Gasteiger partial charge in [-0.15, -0.1) is 5.10 Å². The van der Waals surface area contributed by atoms with Crippen molar-refractivity contribution in [3.8, 4) is 0 Å². The van der Waals surface area contributed by atoms with Gasteiger partial charge >= 0.3 is 0 Å². The molecule has 2 rings (SSSR count). The molecule has 9 heteroatoms. The summed E-state index contributed by atoms with van der Waals surface area (Å²) in [5.41, 5.74) is 0.575. The maximum absolute atomic E-state index is 12.7. The predicted molar refractivity (Wildman–Crippen MR) is 81.0 cm³/mol. The van der Waals surface area contributed by atoms with Crippen LogP contribution in [-0.2, 0) is 16.9 Å². The number of sulfone groups is 1. The van der Waals surface area contributed by atoms with Gasteiger partial charge in [0.25, 0.3) is 0 Å². The van der Waals surface area contributed by atoms with Crippen LogP contribution in [0.1, 0.15) is 35.7 Å². The largest absolute Gasteiger partial charge is 0.231 e. The van der Waals surface area contributed by atoms with E-state index >= 15 is 0 Å². The smallest absolute Gasteiger partial charge is 0.168 e. The molecule has 0 aliphatic rings. The van der Waals surface area contributed by atoms with Crippen molar-refractivity contribution in [3.63, 3.8) is 0 Å². The summed E-state index contributed by atoms with van der Waals surface area (Å²) in [4.78, 5) is 0. The summed E-state index contributed by atoms with van der Waals surface area (Å²) in [6, 6.07) is 4.80. The molecule has 1 aromatic carbocycles. The van der Waals surface area contributed by atoms with Crippen molar-refractivity contribution in [2.45, 2.75) is 24.3 Å². The van der Waals surface area contributed by atoms with E-state index < -0.39 is 20.3 Å². The van der Waals surface area contributed by atoms with Crippen molar-refractivity contribution >= 4 is 33.0 Å². The van der Waals surface area contributed by atoms with Crippen LogP contribution in [-0.4, -0.2) is 28.6 Å². The van der Waals surface area contributed by atoms with Crippen LogP contribution in [0.5, 0.6) is 0 Å². The standard InChI is InChI=1S/C12H14Cl2N4O2S/c1-7(9-4-5-10(13)11(14)6-9)21(19,20)8(2)12-15-16-17-18(12)3/h4-8H,1-3H3/t7-,8-/m1/s1. The van der Waals surface area contributed by atoms with Gasteiger partial charge in [0.2, 0.25) is 0 Å². The average molecular weight is 349 g/mol. The third-order valence-electron chi connectivity index (χ3n) is 3.42. The quantitative estimate of drug-likeness (QED) is 0.848. The average Bonchev–Trinajstić information content (AvgIpc) is 2.86. The summed E-state index contributed by atoms with van der Waals surface area (Å²) in [5, 5.41) is 10.0. The van der Waals surface area contributed by atoms with Gasteiger partial charge in [0.05, 0.1) is 15.3 Å². The maximum Gasteiger partial charge on any atom is 0.168 e. The molecule has 21 heavy (non-hydrogen) atoms. The SMILES string of the molecule is C[C@H](c1ccc(Cl)c(Cl)c1)S(=O)(=O)[C@H](C)c1nnnn1C. The normalized spacial score (nSPS) is 14.9. The number of aromatic nitrogens is 4. The van der Waals surface area contributed by atoms with Gasteiger partial charge in [0.15, 0.2) is 15.7 Å². The lowest BCUT2D eigenvalue weighted by Crippen LogP contribution is -2.20. The van der Waals surface area contributed by atoms with Crippen LogP contribution in [0.25, 0.3) is 0 Å². The number of halogens is 2. The van der Waals surface area contributed by atoms with Crippen LogP contribution < -0.4 is 0 Å². The Bertz CT molecular complexity index is 760. The van der Waals surface area contributed by atoms with E-state index in [9.17, 15) is 8.42 Å². The molecule has 0 aliphatic carbocycles. The number of hydrogen-bond acceptors (Lipinski definition) is 5. The first-order valence-electron chi connectivity index (χ1n) is 6.15. The lowest BCUT2D eigenvalue weighted by Gasteiger charge is -2.18. The fraction of sp³-hybridized carbons (Fsp3) is 0.417. The lowest BCUT2D eigenvalue weighted by molar-refractivity contribution is 0.566. The van der Waals surface area contributed by atoms with Gasteiger partial charge < -0.3 is 0 Å². The number of nitrogens with zero attached hydrogens (tertiary/aromatic N) is 4. The van der Waals surface area contributed by atoms with E-state index in [1.54, 1.807) is 39.1 Å². The van der Waals surface area contributed by atoms with Gasteiger partial charge in [0.1, 0.15) is 5.25 Å². The van der Waals surface area contributed by atoms with Crippen molar-refractivity contribution in [1.29, 1.82) is 0 Å². The van der Waals surface area contributed by atoms with Gasteiger partial charge in [-0.1, -0.05) is 29.3 Å². The first-order valence-corrected chi connectivity index (χ1v) is 8.51. The molecule has 0 radical (unpaired) electrons. The highest BCUT2D eigenvalue weighted by Crippen LogP contribution is 2.34. The number of tetrazole rings is 1. The summed E-state index contributed by atoms with van der Waals surface area (Å²) in [6.07, 6.45) is 0. The second kappa shape index (κ2) is 5.90. The van der Waals surface area contributed by atoms with E-state index in [-0.39, 0.29) is 0 Å². The summed E-state index contributed by atoms with van der Waals surface area (Å²) < 4.78 is 26.7. The second-order valence-corrected chi connectivity index (χ2v) is 8.11. The van der Waals surface area contributed by atoms with E-state index in [1.165, 1.54) is 4.68 Å². The van der Waals surface area contributed by atoms with E-state index in [4.69, 9.17) is 23.2 Å². The monoisotopic (exact) mass is 348 g/mol. The Morgan fingerprint density at radius 2 is 1.81 bits per heavy atom. The molecule has 1 aromatic heterocycles. The van der Waals surface area contributed by atoms with Gasteiger partial charge in [0, 0.05) is 7.05 Å². The van der Waals surface area contributed by atoms with Crippen molar-refractivity contribution in [1.82, 2.24) is 20.2 Å². The first-order chi connectivity index (χ1) is 9.75. The van der Waals surface area contributed by atoms with Crippen LogP contribution in [0.15, 0.2) is 18.2 Å². The Morgan fingerprint density at radius 3 is 2.33 bits per heavy atom. The molecule has 114 valence electrons. The highest BCUT2D eigenvalue weighted by Gasteiger charge is 2.33. The molecule has 0 fully saturated rings. The molecule has 0 spiro atoms. The van der Waals surface area contributed by atoms with Gasteiger partial charge in [-0.3, -0.25) is 0 Å². The highest BCUT2D eigenvalue weighted by molar-refractivity contribution is 7.91. The third-order valence-corrected chi connectivity index (χ3v) is 6.61. The van der Waals surface area contributed by atoms with Crippen molar-refractivity contribution in [2.75, 3.05) is 0 Å². The summed E-state index contributed by atoms with van der Waals surface area (Å²) in [5.74, 6) is 0.293.